The van der Waals surface area contributed by atoms with E-state index < -0.39 is 0 Å². The molecule has 3 heterocycles. The molecule has 110 valence electrons. The van der Waals surface area contributed by atoms with E-state index in [1.165, 1.54) is 0 Å². The highest BCUT2D eigenvalue weighted by atomic mass is 35.5. The molecule has 0 unspecified atom stereocenters. The topological polar surface area (TPSA) is 60.7 Å². The van der Waals surface area contributed by atoms with E-state index in [2.05, 4.69) is 15.0 Å². The van der Waals surface area contributed by atoms with E-state index in [1.807, 2.05) is 18.3 Å². The van der Waals surface area contributed by atoms with Gasteiger partial charge in [-0.3, -0.25) is 9.78 Å². The number of rotatable bonds is 2. The van der Waals surface area contributed by atoms with Crippen molar-refractivity contribution >= 4 is 22.5 Å². The lowest BCUT2D eigenvalue weighted by Gasteiger charge is -2.07. The van der Waals surface area contributed by atoms with Crippen LogP contribution in [-0.4, -0.2) is 19.5 Å². The van der Waals surface area contributed by atoms with Crippen LogP contribution in [0.5, 0.6) is 0 Å². The summed E-state index contributed by atoms with van der Waals surface area (Å²) >= 11 is 6.10. The number of hydrogen-bond acceptors (Lipinski definition) is 4. The van der Waals surface area contributed by atoms with Crippen LogP contribution in [0.3, 0.4) is 0 Å². The molecule has 6 heteroatoms. The van der Waals surface area contributed by atoms with E-state index in [4.69, 9.17) is 11.6 Å². The smallest absolute Gasteiger partial charge is 0.251 e. The lowest BCUT2D eigenvalue weighted by Crippen LogP contribution is -2.17. The largest absolute Gasteiger partial charge is 0.312 e. The van der Waals surface area contributed by atoms with Crippen molar-refractivity contribution in [1.82, 2.24) is 19.5 Å². The summed E-state index contributed by atoms with van der Waals surface area (Å²) in [5.74, 6) is 0.610. The van der Waals surface area contributed by atoms with Gasteiger partial charge in [-0.1, -0.05) is 11.6 Å². The first-order chi connectivity index (χ1) is 10.6. The van der Waals surface area contributed by atoms with Crippen LogP contribution in [0.2, 0.25) is 5.15 Å². The standard InChI is InChI=1S/C16H13ClN4O/c1-9-19-14-7-13(18-8-12(14)16(17)20-9)10-4-5-21(11-2-3-11)15(22)6-10/h4-8,11H,2-3H2,1H3. The van der Waals surface area contributed by atoms with Gasteiger partial charge < -0.3 is 4.57 Å². The minimum absolute atomic E-state index is 0.0128. The van der Waals surface area contributed by atoms with Gasteiger partial charge in [-0.2, -0.15) is 0 Å². The molecule has 0 radical (unpaired) electrons. The van der Waals surface area contributed by atoms with Crippen LogP contribution in [0, 0.1) is 6.92 Å². The van der Waals surface area contributed by atoms with E-state index in [0.29, 0.717) is 28.1 Å². The average Bonchev–Trinajstić information content (AvgIpc) is 3.31. The van der Waals surface area contributed by atoms with Gasteiger partial charge >= 0.3 is 0 Å². The van der Waals surface area contributed by atoms with Gasteiger partial charge in [-0.25, -0.2) is 9.97 Å². The third-order valence-corrected chi connectivity index (χ3v) is 4.12. The molecule has 4 rings (SSSR count). The van der Waals surface area contributed by atoms with E-state index in [9.17, 15) is 4.79 Å². The van der Waals surface area contributed by atoms with E-state index in [-0.39, 0.29) is 5.56 Å². The van der Waals surface area contributed by atoms with Crippen molar-refractivity contribution in [2.24, 2.45) is 0 Å². The lowest BCUT2D eigenvalue weighted by molar-refractivity contribution is 0.708. The zero-order valence-corrected chi connectivity index (χ0v) is 12.7. The molecule has 3 aromatic rings. The molecular formula is C16H13ClN4O. The molecule has 0 bridgehead atoms. The van der Waals surface area contributed by atoms with Gasteiger partial charge in [0.15, 0.2) is 0 Å². The summed E-state index contributed by atoms with van der Waals surface area (Å²) in [5.41, 5.74) is 2.24. The fourth-order valence-corrected chi connectivity index (χ4v) is 2.83. The average molecular weight is 313 g/mol. The molecule has 0 N–H and O–H groups in total. The molecule has 1 saturated carbocycles. The second kappa shape index (κ2) is 4.88. The molecular weight excluding hydrogens is 300 g/mol. The highest BCUT2D eigenvalue weighted by Crippen LogP contribution is 2.33. The number of nitrogens with zero attached hydrogens (tertiary/aromatic N) is 4. The van der Waals surface area contributed by atoms with E-state index in [0.717, 1.165) is 23.9 Å². The maximum Gasteiger partial charge on any atom is 0.251 e. The number of aromatic nitrogens is 4. The third kappa shape index (κ3) is 2.27. The Bertz CT molecular complexity index is 947. The maximum absolute atomic E-state index is 12.2. The Kier molecular flexibility index (Phi) is 2.97. The van der Waals surface area contributed by atoms with Crippen LogP contribution in [0.4, 0.5) is 0 Å². The first kappa shape index (κ1) is 13.4. The molecule has 0 spiro atoms. The Morgan fingerprint density at radius 2 is 2.09 bits per heavy atom. The predicted octanol–water partition coefficient (Wildman–Crippen LogP) is 3.15. The molecule has 5 nitrogen and oxygen atoms in total. The van der Waals surface area contributed by atoms with Crippen molar-refractivity contribution < 1.29 is 0 Å². The molecule has 3 aromatic heterocycles. The summed E-state index contributed by atoms with van der Waals surface area (Å²) in [4.78, 5) is 25.0. The minimum Gasteiger partial charge on any atom is -0.312 e. The van der Waals surface area contributed by atoms with Crippen LogP contribution in [0.25, 0.3) is 22.2 Å². The summed E-state index contributed by atoms with van der Waals surface area (Å²) in [6.45, 7) is 1.79. The Morgan fingerprint density at radius 3 is 2.82 bits per heavy atom. The zero-order valence-electron chi connectivity index (χ0n) is 12.0. The second-order valence-corrected chi connectivity index (χ2v) is 5.90. The molecule has 0 amide bonds. The normalized spacial score (nSPS) is 14.5. The van der Waals surface area contributed by atoms with Crippen LogP contribution in [0.1, 0.15) is 24.7 Å². The second-order valence-electron chi connectivity index (χ2n) is 5.54. The van der Waals surface area contributed by atoms with Gasteiger partial charge in [-0.05, 0) is 31.9 Å². The number of halogens is 1. The third-order valence-electron chi connectivity index (χ3n) is 3.83. The van der Waals surface area contributed by atoms with Gasteiger partial charge in [0, 0.05) is 30.1 Å². The van der Waals surface area contributed by atoms with E-state index in [1.54, 1.807) is 23.8 Å². The lowest BCUT2D eigenvalue weighted by atomic mass is 10.1. The molecule has 22 heavy (non-hydrogen) atoms. The van der Waals surface area contributed by atoms with Gasteiger partial charge in [0.2, 0.25) is 0 Å². The van der Waals surface area contributed by atoms with Crippen LogP contribution in [0.15, 0.2) is 35.4 Å². The Balaban J connectivity index is 1.83. The molecule has 0 saturated heterocycles. The first-order valence-electron chi connectivity index (χ1n) is 7.14. The summed E-state index contributed by atoms with van der Waals surface area (Å²) in [6.07, 6.45) is 5.67. The Morgan fingerprint density at radius 1 is 1.27 bits per heavy atom. The highest BCUT2D eigenvalue weighted by molar-refractivity contribution is 6.34. The minimum atomic E-state index is 0.0128. The fourth-order valence-electron chi connectivity index (χ4n) is 2.56. The summed E-state index contributed by atoms with van der Waals surface area (Å²) < 4.78 is 1.79. The Labute approximate surface area is 131 Å². The van der Waals surface area contributed by atoms with Gasteiger partial charge in [0.05, 0.1) is 16.6 Å². The van der Waals surface area contributed by atoms with Crippen molar-refractivity contribution in [3.63, 3.8) is 0 Å². The monoisotopic (exact) mass is 312 g/mol. The molecule has 1 aliphatic rings. The van der Waals surface area contributed by atoms with Crippen LogP contribution in [-0.2, 0) is 0 Å². The van der Waals surface area contributed by atoms with Gasteiger partial charge in [-0.15, -0.1) is 0 Å². The summed E-state index contributed by atoms with van der Waals surface area (Å²) in [7, 11) is 0. The number of fused-ring (bicyclic) bond motifs is 1. The van der Waals surface area contributed by atoms with Gasteiger partial charge in [0.25, 0.3) is 5.56 Å². The SMILES string of the molecule is Cc1nc(Cl)c2cnc(-c3ccn(C4CC4)c(=O)c3)cc2n1. The van der Waals surface area contributed by atoms with Crippen LogP contribution < -0.4 is 5.56 Å². The molecule has 1 fully saturated rings. The predicted molar refractivity (Wildman–Crippen MR) is 85.0 cm³/mol. The number of aryl methyl sites for hydroxylation is 1. The first-order valence-corrected chi connectivity index (χ1v) is 7.52. The fraction of sp³-hybridized carbons (Fsp3) is 0.250. The molecule has 0 aliphatic heterocycles. The number of pyridine rings is 2. The van der Waals surface area contributed by atoms with Crippen molar-refractivity contribution in [3.8, 4) is 11.3 Å². The van der Waals surface area contributed by atoms with E-state index >= 15 is 0 Å². The van der Waals surface area contributed by atoms with Gasteiger partial charge in [0.1, 0.15) is 11.0 Å². The van der Waals surface area contributed by atoms with Crippen molar-refractivity contribution in [3.05, 3.63) is 51.9 Å². The zero-order chi connectivity index (χ0) is 15.3. The quantitative estimate of drug-likeness (QED) is 0.682. The van der Waals surface area contributed by atoms with Crippen molar-refractivity contribution in [2.75, 3.05) is 0 Å². The van der Waals surface area contributed by atoms with Crippen molar-refractivity contribution in [1.29, 1.82) is 0 Å². The number of hydrogen-bond donors (Lipinski definition) is 0. The molecule has 0 aromatic carbocycles. The summed E-state index contributed by atoms with van der Waals surface area (Å²) in [6, 6.07) is 5.76. The van der Waals surface area contributed by atoms with Crippen LogP contribution >= 0.6 is 11.6 Å². The molecule has 1 aliphatic carbocycles. The molecule has 0 atom stereocenters. The Hall–Kier alpha value is -2.27. The summed E-state index contributed by atoms with van der Waals surface area (Å²) in [5, 5.41) is 1.10. The van der Waals surface area contributed by atoms with Crippen molar-refractivity contribution in [2.45, 2.75) is 25.8 Å². The maximum atomic E-state index is 12.2. The highest BCUT2D eigenvalue weighted by Gasteiger charge is 2.24.